The van der Waals surface area contributed by atoms with E-state index in [1.165, 1.54) is 27.9 Å². The van der Waals surface area contributed by atoms with Crippen LogP contribution in [0.5, 0.6) is 0 Å². The summed E-state index contributed by atoms with van der Waals surface area (Å²) in [7, 11) is 14.1. The van der Waals surface area contributed by atoms with Crippen LogP contribution in [0.3, 0.4) is 0 Å². The third-order valence-electron chi connectivity index (χ3n) is 3.10. The molecule has 2 aromatic carbocycles. The fourth-order valence-corrected chi connectivity index (χ4v) is 2.36. The van der Waals surface area contributed by atoms with E-state index in [-0.39, 0.29) is 0 Å². The Hall–Kier alpha value is -0.297. The van der Waals surface area contributed by atoms with Gasteiger partial charge in [0.25, 0.3) is 0 Å². The molecule has 1 nitrogen and oxygen atoms in total. The van der Waals surface area contributed by atoms with Crippen molar-refractivity contribution in [3.05, 3.63) is 60.0 Å². The summed E-state index contributed by atoms with van der Waals surface area (Å²) < 4.78 is 0. The van der Waals surface area contributed by atoms with Gasteiger partial charge in [0, 0.05) is 31.8 Å². The summed E-state index contributed by atoms with van der Waals surface area (Å²) in [5.41, 5.74) is 6.66. The third kappa shape index (κ3) is 3.24. The molecule has 0 aliphatic heterocycles. The number of nitrogens with zero attached hydrogens (tertiary/aromatic N) is 1. The quantitative estimate of drug-likeness (QED) is 0.600. The molecular weight excluding hydrogens is 356 g/mol. The minimum absolute atomic E-state index is 0.826. The third-order valence-corrected chi connectivity index (χ3v) is 3.10. The Kier molecular flexibility index (Phi) is 5.50. The summed E-state index contributed by atoms with van der Waals surface area (Å²) >= 11 is -0.826. The van der Waals surface area contributed by atoms with E-state index in [1.807, 2.05) is 0 Å². The Morgan fingerprint density at radius 3 is 2.21 bits per heavy atom. The molecule has 1 aliphatic carbocycles. The number of halogens is 2. The first-order valence-electron chi connectivity index (χ1n) is 5.89. The molecule has 0 atom stereocenters. The monoisotopic (exact) mass is 368 g/mol. The molecule has 4 heteroatoms. The molecule has 0 heterocycles. The van der Waals surface area contributed by atoms with Gasteiger partial charge in [0.2, 0.25) is 0 Å². The van der Waals surface area contributed by atoms with Crippen LogP contribution in [0, 0.1) is 6.42 Å². The van der Waals surface area contributed by atoms with Gasteiger partial charge < -0.3 is 4.90 Å². The molecular formula is C15H14Cl2NZr. The van der Waals surface area contributed by atoms with Crippen molar-refractivity contribution in [1.29, 1.82) is 0 Å². The van der Waals surface area contributed by atoms with E-state index < -0.39 is 20.8 Å². The van der Waals surface area contributed by atoms with E-state index in [0.29, 0.717) is 0 Å². The van der Waals surface area contributed by atoms with Gasteiger partial charge in [0.15, 0.2) is 0 Å². The normalized spacial score (nSPS) is 10.9. The second-order valence-electron chi connectivity index (χ2n) is 4.44. The van der Waals surface area contributed by atoms with Gasteiger partial charge in [-0.15, -0.1) is 0 Å². The summed E-state index contributed by atoms with van der Waals surface area (Å²) in [5.74, 6) is 0. The van der Waals surface area contributed by atoms with Gasteiger partial charge >= 0.3 is 37.9 Å². The SMILES string of the molecule is CN(C)c1cccc2c1-c1ccccc1[CH]2.[Cl][Zr][Cl]. The predicted octanol–water partition coefficient (Wildman–Crippen LogP) is 4.71. The molecule has 97 valence electrons. The maximum atomic E-state index is 4.93. The molecule has 0 fully saturated rings. The molecule has 0 unspecified atom stereocenters. The van der Waals surface area contributed by atoms with Gasteiger partial charge in [-0.3, -0.25) is 0 Å². The van der Waals surface area contributed by atoms with Crippen LogP contribution >= 0.6 is 17.0 Å². The van der Waals surface area contributed by atoms with Crippen LogP contribution in [0.1, 0.15) is 11.1 Å². The van der Waals surface area contributed by atoms with Gasteiger partial charge in [-0.05, 0) is 22.8 Å². The fourth-order valence-electron chi connectivity index (χ4n) is 2.36. The minimum atomic E-state index is -0.826. The molecule has 0 spiro atoms. The number of hydrogen-bond donors (Lipinski definition) is 0. The molecule has 1 aliphatic rings. The summed E-state index contributed by atoms with van der Waals surface area (Å²) in [6, 6.07) is 15.1. The first kappa shape index (κ1) is 15.1. The molecule has 3 rings (SSSR count). The Morgan fingerprint density at radius 1 is 0.895 bits per heavy atom. The van der Waals surface area contributed by atoms with Crippen LogP contribution in [0.25, 0.3) is 11.1 Å². The molecule has 0 saturated carbocycles. The Balaban J connectivity index is 0.000000408. The van der Waals surface area contributed by atoms with Crippen LogP contribution in [0.4, 0.5) is 5.69 Å². The summed E-state index contributed by atoms with van der Waals surface area (Å²) in [6.45, 7) is 0. The topological polar surface area (TPSA) is 3.24 Å². The molecule has 19 heavy (non-hydrogen) atoms. The Morgan fingerprint density at radius 2 is 1.53 bits per heavy atom. The number of anilines is 1. The summed E-state index contributed by atoms with van der Waals surface area (Å²) in [5, 5.41) is 0. The first-order valence-corrected chi connectivity index (χ1v) is 12.2. The maximum absolute atomic E-state index is 4.93. The zero-order chi connectivity index (χ0) is 13.8. The van der Waals surface area contributed by atoms with Crippen molar-refractivity contribution in [2.45, 2.75) is 0 Å². The van der Waals surface area contributed by atoms with Crippen LogP contribution in [0.2, 0.25) is 0 Å². The zero-order valence-electron chi connectivity index (χ0n) is 10.8. The number of fused-ring (bicyclic) bond motifs is 3. The van der Waals surface area contributed by atoms with E-state index >= 15 is 0 Å². The van der Waals surface area contributed by atoms with Crippen molar-refractivity contribution < 1.29 is 20.8 Å². The van der Waals surface area contributed by atoms with Gasteiger partial charge in [-0.2, -0.15) is 0 Å². The Bertz CT molecular complexity index is 570. The van der Waals surface area contributed by atoms with Crippen molar-refractivity contribution >= 4 is 22.7 Å². The zero-order valence-corrected chi connectivity index (χ0v) is 14.8. The molecule has 0 N–H and O–H groups in total. The molecule has 0 saturated heterocycles. The standard InChI is InChI=1S/C15H14N.2ClH.Zr/c1-16(2)14-9-5-7-12-10-11-6-3-4-8-13(11)15(12)14;;;/h3-10H,1-2H3;2*1H;/q;;;+2/p-2. The average molecular weight is 370 g/mol. The fraction of sp³-hybridized carbons (Fsp3) is 0.133. The predicted molar refractivity (Wildman–Crippen MR) is 80.4 cm³/mol. The van der Waals surface area contributed by atoms with Gasteiger partial charge in [0.1, 0.15) is 0 Å². The molecule has 1 radical (unpaired) electrons. The van der Waals surface area contributed by atoms with Crippen LogP contribution in [0.15, 0.2) is 42.5 Å². The van der Waals surface area contributed by atoms with E-state index in [4.69, 9.17) is 17.0 Å². The second kappa shape index (κ2) is 6.93. The van der Waals surface area contributed by atoms with E-state index in [1.54, 1.807) is 0 Å². The summed E-state index contributed by atoms with van der Waals surface area (Å²) in [4.78, 5) is 2.18. The Labute approximate surface area is 133 Å². The van der Waals surface area contributed by atoms with Crippen molar-refractivity contribution in [3.8, 4) is 11.1 Å². The number of hydrogen-bond acceptors (Lipinski definition) is 1. The van der Waals surface area contributed by atoms with Crippen molar-refractivity contribution in [1.82, 2.24) is 0 Å². The van der Waals surface area contributed by atoms with E-state index in [2.05, 4.69) is 67.9 Å². The van der Waals surface area contributed by atoms with Crippen LogP contribution < -0.4 is 4.90 Å². The van der Waals surface area contributed by atoms with E-state index in [9.17, 15) is 0 Å². The molecule has 0 aromatic heterocycles. The number of rotatable bonds is 1. The van der Waals surface area contributed by atoms with Crippen LogP contribution in [-0.2, 0) is 20.8 Å². The van der Waals surface area contributed by atoms with Crippen molar-refractivity contribution in [2.75, 3.05) is 19.0 Å². The first-order chi connectivity index (χ1) is 9.19. The molecule has 0 amide bonds. The number of benzene rings is 2. The summed E-state index contributed by atoms with van der Waals surface area (Å²) in [6.07, 6.45) is 2.26. The van der Waals surface area contributed by atoms with Gasteiger partial charge in [-0.1, -0.05) is 36.4 Å². The van der Waals surface area contributed by atoms with Crippen molar-refractivity contribution in [2.24, 2.45) is 0 Å². The van der Waals surface area contributed by atoms with Gasteiger partial charge in [-0.25, -0.2) is 0 Å². The van der Waals surface area contributed by atoms with Crippen molar-refractivity contribution in [3.63, 3.8) is 0 Å². The molecule has 0 bridgehead atoms. The average Bonchev–Trinajstić information content (AvgIpc) is 2.77. The molecule has 2 aromatic rings. The van der Waals surface area contributed by atoms with Crippen LogP contribution in [-0.4, -0.2) is 14.1 Å². The van der Waals surface area contributed by atoms with Gasteiger partial charge in [0.05, 0.1) is 0 Å². The second-order valence-corrected chi connectivity index (χ2v) is 8.17. The van der Waals surface area contributed by atoms with E-state index in [0.717, 1.165) is 0 Å².